The zero-order valence-corrected chi connectivity index (χ0v) is 20.5. The molecule has 2 heterocycles. The lowest BCUT2D eigenvalue weighted by Crippen LogP contribution is -2.33. The van der Waals surface area contributed by atoms with Crippen LogP contribution < -0.4 is 5.32 Å². The number of halogens is 2. The van der Waals surface area contributed by atoms with Crippen LogP contribution in [0.4, 0.5) is 5.69 Å². The maximum Gasteiger partial charge on any atom is 0.163 e. The van der Waals surface area contributed by atoms with Gasteiger partial charge in [0.25, 0.3) is 0 Å². The molecule has 0 amide bonds. The molecule has 2 aromatic heterocycles. The first-order chi connectivity index (χ1) is 15.7. The van der Waals surface area contributed by atoms with Crippen molar-refractivity contribution in [2.45, 2.75) is 38.6 Å². The zero-order valence-electron chi connectivity index (χ0n) is 19.0. The highest BCUT2D eigenvalue weighted by molar-refractivity contribution is 6.37. The third-order valence-electron chi connectivity index (χ3n) is 6.52. The number of aromatic nitrogens is 2. The van der Waals surface area contributed by atoms with Gasteiger partial charge < -0.3 is 15.3 Å². The van der Waals surface area contributed by atoms with Crippen LogP contribution in [0.15, 0.2) is 30.5 Å². The van der Waals surface area contributed by atoms with Crippen LogP contribution in [0.2, 0.25) is 10.0 Å². The van der Waals surface area contributed by atoms with Crippen molar-refractivity contribution in [1.82, 2.24) is 14.9 Å². The van der Waals surface area contributed by atoms with Gasteiger partial charge in [-0.05, 0) is 76.9 Å². The van der Waals surface area contributed by atoms with Gasteiger partial charge in [0.05, 0.1) is 32.5 Å². The molecule has 1 aromatic carbocycles. The summed E-state index contributed by atoms with van der Waals surface area (Å²) in [4.78, 5) is 24.0. The summed E-state index contributed by atoms with van der Waals surface area (Å²) in [7, 11) is 4.28. The number of hydrogen-bond donors (Lipinski definition) is 2. The molecule has 4 rings (SSSR count). The number of phenolic OH excluding ortho intramolecular Hbond substituents is 1. The van der Waals surface area contributed by atoms with Gasteiger partial charge in [-0.1, -0.05) is 23.2 Å². The summed E-state index contributed by atoms with van der Waals surface area (Å²) in [5.74, 6) is 0.322. The normalized spacial score (nSPS) is 18.6. The smallest absolute Gasteiger partial charge is 0.163 e. The molecule has 1 saturated carbocycles. The number of fused-ring (bicyclic) bond motifs is 1. The van der Waals surface area contributed by atoms with E-state index in [0.29, 0.717) is 45.5 Å². The monoisotopic (exact) mass is 486 g/mol. The average Bonchev–Trinajstić information content (AvgIpc) is 2.80. The van der Waals surface area contributed by atoms with Gasteiger partial charge in [-0.15, -0.1) is 0 Å². The first-order valence-electron chi connectivity index (χ1n) is 11.1. The summed E-state index contributed by atoms with van der Waals surface area (Å²) < 4.78 is 0. The van der Waals surface area contributed by atoms with Crippen LogP contribution in [0, 0.1) is 5.92 Å². The minimum atomic E-state index is -0.158. The topological polar surface area (TPSA) is 78.3 Å². The molecule has 0 aliphatic heterocycles. The zero-order chi connectivity index (χ0) is 23.7. The van der Waals surface area contributed by atoms with Crippen LogP contribution in [0.3, 0.4) is 0 Å². The Kier molecular flexibility index (Phi) is 7.07. The van der Waals surface area contributed by atoms with Gasteiger partial charge in [-0.25, -0.2) is 4.98 Å². The molecule has 8 heteroatoms. The van der Waals surface area contributed by atoms with Crippen molar-refractivity contribution < 1.29 is 9.90 Å². The molecule has 0 bridgehead atoms. The fraction of sp³-hybridized carbons (Fsp3) is 0.400. The summed E-state index contributed by atoms with van der Waals surface area (Å²) in [6.07, 6.45) is 6.28. The number of rotatable bonds is 6. The van der Waals surface area contributed by atoms with Crippen molar-refractivity contribution in [1.29, 1.82) is 0 Å². The molecule has 1 fully saturated rings. The molecule has 2 N–H and O–H groups in total. The predicted octanol–water partition coefficient (Wildman–Crippen LogP) is 6.04. The number of phenols is 1. The molecule has 1 aliphatic rings. The van der Waals surface area contributed by atoms with Crippen molar-refractivity contribution in [3.8, 4) is 17.0 Å². The standard InChI is InChI=1S/C25H28Cl2N4O2/c1-14(32)18-13-28-22-9-8-21(16-10-19(26)25(33)20(27)11-16)30-24(22)23(18)29-12-15-4-6-17(7-5-15)31(2)3/h8-11,13,15,17,33H,4-7,12H2,1-3H3,(H,28,29)/t15-,17-. The van der Waals surface area contributed by atoms with Crippen molar-refractivity contribution in [3.63, 3.8) is 0 Å². The minimum absolute atomic E-state index is 0.0638. The van der Waals surface area contributed by atoms with Crippen molar-refractivity contribution in [2.24, 2.45) is 5.92 Å². The molecular weight excluding hydrogens is 459 g/mol. The van der Waals surface area contributed by atoms with Crippen LogP contribution in [0.1, 0.15) is 43.0 Å². The predicted molar refractivity (Wildman–Crippen MR) is 135 cm³/mol. The van der Waals surface area contributed by atoms with Gasteiger partial charge in [-0.2, -0.15) is 0 Å². The summed E-state index contributed by atoms with van der Waals surface area (Å²) in [5, 5.41) is 13.7. The number of ketones is 1. The van der Waals surface area contributed by atoms with E-state index in [9.17, 15) is 9.90 Å². The summed E-state index contributed by atoms with van der Waals surface area (Å²) in [5.41, 5.74) is 3.85. The van der Waals surface area contributed by atoms with E-state index in [1.54, 1.807) is 25.3 Å². The molecule has 174 valence electrons. The lowest BCUT2D eigenvalue weighted by Gasteiger charge is -2.33. The number of Topliss-reactive ketones (excluding diaryl/α,β-unsaturated/α-hetero) is 1. The van der Waals surface area contributed by atoms with E-state index < -0.39 is 0 Å². The van der Waals surface area contributed by atoms with E-state index in [-0.39, 0.29) is 21.6 Å². The van der Waals surface area contributed by atoms with E-state index in [0.717, 1.165) is 19.4 Å². The lowest BCUT2D eigenvalue weighted by atomic mass is 9.85. The molecule has 3 aromatic rings. The molecule has 0 radical (unpaired) electrons. The van der Waals surface area contributed by atoms with E-state index in [1.165, 1.54) is 12.8 Å². The number of carbonyl (C=O) groups excluding carboxylic acids is 1. The van der Waals surface area contributed by atoms with Crippen molar-refractivity contribution in [3.05, 3.63) is 46.1 Å². The second-order valence-electron chi connectivity index (χ2n) is 8.97. The van der Waals surface area contributed by atoms with Gasteiger partial charge in [0.15, 0.2) is 11.5 Å². The Balaban J connectivity index is 1.67. The second kappa shape index (κ2) is 9.84. The quantitative estimate of drug-likeness (QED) is 0.413. The number of pyridine rings is 2. The maximum atomic E-state index is 12.4. The Labute approximate surface area is 203 Å². The molecular formula is C25H28Cl2N4O2. The van der Waals surface area contributed by atoms with E-state index in [1.807, 2.05) is 12.1 Å². The lowest BCUT2D eigenvalue weighted by molar-refractivity contribution is 0.101. The largest absolute Gasteiger partial charge is 0.505 e. The number of aromatic hydroxyl groups is 1. The van der Waals surface area contributed by atoms with E-state index in [4.69, 9.17) is 28.2 Å². The third kappa shape index (κ3) is 5.08. The molecule has 6 nitrogen and oxygen atoms in total. The van der Waals surface area contributed by atoms with Crippen molar-refractivity contribution in [2.75, 3.05) is 26.0 Å². The third-order valence-corrected chi connectivity index (χ3v) is 7.10. The highest BCUT2D eigenvalue weighted by Gasteiger charge is 2.23. The number of benzene rings is 1. The Morgan fingerprint density at radius 2 is 1.82 bits per heavy atom. The molecule has 0 spiro atoms. The van der Waals surface area contributed by atoms with Crippen LogP contribution in [0.5, 0.6) is 5.75 Å². The molecule has 33 heavy (non-hydrogen) atoms. The highest BCUT2D eigenvalue weighted by atomic mass is 35.5. The number of nitrogens with one attached hydrogen (secondary N) is 1. The Bertz CT molecular complexity index is 1170. The van der Waals surface area contributed by atoms with Crippen molar-refractivity contribution >= 4 is 45.7 Å². The Hall–Kier alpha value is -2.41. The SMILES string of the molecule is CC(=O)c1cnc2ccc(-c3cc(Cl)c(O)c(Cl)c3)nc2c1NC[C@H]1CC[C@H](N(C)C)CC1. The fourth-order valence-corrected chi connectivity index (χ4v) is 4.99. The fourth-order valence-electron chi connectivity index (χ4n) is 4.50. The number of anilines is 1. The van der Waals surface area contributed by atoms with Gasteiger partial charge in [0.1, 0.15) is 5.52 Å². The number of carbonyl (C=O) groups is 1. The van der Waals surface area contributed by atoms with Crippen LogP contribution in [-0.2, 0) is 0 Å². The molecule has 0 unspecified atom stereocenters. The van der Waals surface area contributed by atoms with Gasteiger partial charge >= 0.3 is 0 Å². The summed E-state index contributed by atoms with van der Waals surface area (Å²) in [6, 6.07) is 7.58. The van der Waals surface area contributed by atoms with Gasteiger partial charge in [0.2, 0.25) is 0 Å². The van der Waals surface area contributed by atoms with E-state index in [2.05, 4.69) is 29.3 Å². The molecule has 0 atom stereocenters. The second-order valence-corrected chi connectivity index (χ2v) is 9.79. The first kappa shape index (κ1) is 23.7. The summed E-state index contributed by atoms with van der Waals surface area (Å²) in [6.45, 7) is 2.32. The van der Waals surface area contributed by atoms with Crippen LogP contribution >= 0.6 is 23.2 Å². The Morgan fingerprint density at radius 3 is 2.42 bits per heavy atom. The van der Waals surface area contributed by atoms with Gasteiger partial charge in [-0.3, -0.25) is 9.78 Å². The van der Waals surface area contributed by atoms with Gasteiger partial charge in [0, 0.05) is 24.3 Å². The Morgan fingerprint density at radius 1 is 1.15 bits per heavy atom. The minimum Gasteiger partial charge on any atom is -0.505 e. The maximum absolute atomic E-state index is 12.4. The number of hydrogen-bond acceptors (Lipinski definition) is 6. The highest BCUT2D eigenvalue weighted by Crippen LogP contribution is 2.37. The molecule has 1 aliphatic carbocycles. The molecule has 0 saturated heterocycles. The average molecular weight is 487 g/mol. The van der Waals surface area contributed by atoms with Crippen LogP contribution in [-0.4, -0.2) is 52.4 Å². The first-order valence-corrected chi connectivity index (χ1v) is 11.9. The number of nitrogens with zero attached hydrogens (tertiary/aromatic N) is 3. The van der Waals surface area contributed by atoms with E-state index >= 15 is 0 Å². The van der Waals surface area contributed by atoms with Crippen LogP contribution in [0.25, 0.3) is 22.3 Å². The summed E-state index contributed by atoms with van der Waals surface area (Å²) >= 11 is 12.2.